The largest absolute Gasteiger partial charge is 0.393 e. The van der Waals surface area contributed by atoms with Gasteiger partial charge in [0.2, 0.25) is 0 Å². The van der Waals surface area contributed by atoms with Crippen molar-refractivity contribution in [3.05, 3.63) is 297 Å². The zero-order valence-electron chi connectivity index (χ0n) is 73.8. The molecule has 5 fully saturated rings. The van der Waals surface area contributed by atoms with Crippen LogP contribution in [0, 0.1) is 66.3 Å². The van der Waals surface area contributed by atoms with E-state index in [1.807, 2.05) is 53.7 Å². The van der Waals surface area contributed by atoms with Gasteiger partial charge in [0.05, 0.1) is 51.0 Å². The van der Waals surface area contributed by atoms with Crippen molar-refractivity contribution in [2.45, 2.75) is 148 Å². The zero-order chi connectivity index (χ0) is 91.0. The van der Waals surface area contributed by atoms with E-state index in [2.05, 4.69) is 162 Å². The second kappa shape index (κ2) is 42.9. The third kappa shape index (κ3) is 25.2. The molecule has 5 saturated carbocycles. The molecule has 20 rings (SSSR count). The Labute approximate surface area is 769 Å². The summed E-state index contributed by atoms with van der Waals surface area (Å²) in [4.78, 5) is 64.3. The molecule has 9 aliphatic rings. The number of nitrogens with one attached hydrogen (secondary N) is 11. The minimum Gasteiger partial charge on any atom is -0.393 e. The van der Waals surface area contributed by atoms with Gasteiger partial charge in [0.1, 0.15) is 136 Å². The standard InChI is InChI=1S/C20H22FN5O.C20H22FN5.C19H18FN7.C19H21FN6.C19H20FN5.H2S/c1-12(13-4-6-16(21)7-5-13)25-19-17(10-27)20(24-11-23-19)26-18-8-15(9-22-18)14-2-3-14;1-12-19(25-13(2)14-5-7-17(21)8-6-14)23-11-24-20(12)26-18-9-16(10-22-18)15-3-4-15;1-11(12-5-7-14(20)8-6-12)24-18-17(21-2)19(23-10-22-18)25-16-9-15(26-27-16)13-3-4-13;1-11(12-4-6-15(20)7-5-12)25-18-17(21)19(24-10-23-18)26-16-8-14(9-22-16)13-2-3-13;1-12(13-4-6-16(20)7-5-13)24-18-9-19(23-11-22-18)25-17-8-15(10-21-17)14-2-3-14;/h4-8,11-12,14,27H,2-3,9-10H2,1H3,(H2,22,23,24,25,26);5-9,11,13,15H,3-4,10H2,1-2H3,(H2,22,23,24,25,26);5-11,13H,3-4H2,1H3,(H3,22,23,24,25,26,27);4-8,10-11,13H,2-3,9,21H2,1H3,(H2,22,23,24,25,26);4-9,11-12,14H,2-3,10H2,1H3,(H2,21,22,23,24,25);1H2/t12-;13-;2*11-;12-;/m00000./s1. The number of nitrogens with zero attached hydrogens (tertiary/aromatic N) is 16. The third-order valence-electron chi connectivity index (χ3n) is 23.6. The van der Waals surface area contributed by atoms with Gasteiger partial charge in [-0.3, -0.25) is 25.1 Å². The second-order valence-corrected chi connectivity index (χ2v) is 33.7. The van der Waals surface area contributed by atoms with E-state index in [4.69, 9.17) is 12.3 Å². The van der Waals surface area contributed by atoms with E-state index >= 15 is 0 Å². The fraction of sp³-hybridized carbons (Fsp3) is 0.320. The summed E-state index contributed by atoms with van der Waals surface area (Å²) in [6.45, 7) is 22.3. The van der Waals surface area contributed by atoms with Crippen LogP contribution in [0.25, 0.3) is 4.85 Å². The zero-order valence-corrected chi connectivity index (χ0v) is 74.8. The Morgan fingerprint density at radius 1 is 0.371 bits per heavy atom. The second-order valence-electron chi connectivity index (χ2n) is 33.7. The monoisotopic (exact) mass is 1800 g/mol. The molecule has 11 aromatic rings. The molecule has 4 aliphatic heterocycles. The number of aliphatic imine (C=N–C) groups is 4. The van der Waals surface area contributed by atoms with Crippen LogP contribution in [0.4, 0.5) is 97.3 Å². The van der Waals surface area contributed by atoms with Crippen LogP contribution >= 0.6 is 13.5 Å². The maximum absolute atomic E-state index is 13.1. The van der Waals surface area contributed by atoms with E-state index in [1.54, 1.807) is 60.7 Å². The fourth-order valence-electron chi connectivity index (χ4n) is 15.0. The quantitative estimate of drug-likeness (QED) is 0.0168. The molecule has 0 spiro atoms. The molecule has 14 N–H and O–H groups in total. The maximum atomic E-state index is 13.1. The van der Waals surface area contributed by atoms with Gasteiger partial charge in [0.15, 0.2) is 17.5 Å². The van der Waals surface area contributed by atoms with Crippen molar-refractivity contribution in [2.75, 3.05) is 85.1 Å². The first-order valence-corrected chi connectivity index (χ1v) is 44.1. The highest BCUT2D eigenvalue weighted by Crippen LogP contribution is 2.44. The highest BCUT2D eigenvalue weighted by atomic mass is 32.1. The minimum absolute atomic E-state index is 0. The number of aromatic nitrogens is 12. The normalized spacial score (nSPS) is 16.7. The topological polar surface area (TPSA) is 378 Å². The Morgan fingerprint density at radius 3 is 1.12 bits per heavy atom. The van der Waals surface area contributed by atoms with Crippen LogP contribution in [-0.2, 0) is 6.61 Å². The number of halogens is 5. The molecule has 5 aliphatic carbocycles. The van der Waals surface area contributed by atoms with Gasteiger partial charge in [-0.2, -0.15) is 18.6 Å². The van der Waals surface area contributed by atoms with Crippen LogP contribution in [0.2, 0.25) is 0 Å². The van der Waals surface area contributed by atoms with Crippen LogP contribution in [0.1, 0.15) is 180 Å². The Kier molecular flexibility index (Phi) is 30.0. The van der Waals surface area contributed by atoms with Crippen LogP contribution in [0.15, 0.2) is 232 Å². The Hall–Kier alpha value is -14.4. The number of nitrogen functional groups attached to an aromatic ring is 1. The molecule has 0 amide bonds. The number of nitrogens with two attached hydrogens (primary N) is 1. The summed E-state index contributed by atoms with van der Waals surface area (Å²) in [6.07, 6.45) is 28.3. The molecule has 0 bridgehead atoms. The first-order chi connectivity index (χ1) is 63.6. The molecule has 0 unspecified atom stereocenters. The average Bonchev–Trinajstić information content (AvgIpc) is 1.34. The molecule has 0 saturated heterocycles. The van der Waals surface area contributed by atoms with E-state index in [-0.39, 0.29) is 85.1 Å². The fourth-order valence-corrected chi connectivity index (χ4v) is 15.0. The van der Waals surface area contributed by atoms with Crippen molar-refractivity contribution in [1.29, 1.82) is 0 Å². The molecule has 6 aromatic heterocycles. The average molecular weight is 1810 g/mol. The summed E-state index contributed by atoms with van der Waals surface area (Å²) in [5.41, 5.74) is 19.9. The van der Waals surface area contributed by atoms with Crippen LogP contribution in [0.5, 0.6) is 0 Å². The van der Waals surface area contributed by atoms with E-state index < -0.39 is 0 Å². The van der Waals surface area contributed by atoms with Crippen molar-refractivity contribution in [3.8, 4) is 0 Å². The predicted octanol–water partition coefficient (Wildman–Crippen LogP) is 20.0. The van der Waals surface area contributed by atoms with Gasteiger partial charge in [0, 0.05) is 53.5 Å². The van der Waals surface area contributed by atoms with E-state index in [1.165, 1.54) is 179 Å². The van der Waals surface area contributed by atoms with Gasteiger partial charge < -0.3 is 64.0 Å². The molecule has 0 radical (unpaired) electrons. The molecule has 35 heteroatoms. The van der Waals surface area contributed by atoms with Crippen molar-refractivity contribution >= 4 is 112 Å². The molecule has 5 aromatic carbocycles. The van der Waals surface area contributed by atoms with Crippen LogP contribution in [0.3, 0.4) is 0 Å². The summed E-state index contributed by atoms with van der Waals surface area (Å²) in [5.74, 6) is 11.9. The predicted molar refractivity (Wildman–Crippen MR) is 515 cm³/mol. The van der Waals surface area contributed by atoms with Gasteiger partial charge in [-0.05, 0) is 264 Å². The molecule has 680 valence electrons. The lowest BCUT2D eigenvalue weighted by Gasteiger charge is -2.18. The minimum atomic E-state index is -0.286. The molecular formula is C97H105F5N28OS. The van der Waals surface area contributed by atoms with Crippen LogP contribution in [-0.4, -0.2) is 115 Å². The van der Waals surface area contributed by atoms with E-state index in [9.17, 15) is 27.1 Å². The summed E-state index contributed by atoms with van der Waals surface area (Å²) < 4.78 is 65.5. The number of rotatable bonds is 27. The van der Waals surface area contributed by atoms with Crippen molar-refractivity contribution in [3.63, 3.8) is 0 Å². The van der Waals surface area contributed by atoms with Gasteiger partial charge in [-0.15, -0.1) is 0 Å². The number of benzene rings is 5. The summed E-state index contributed by atoms with van der Waals surface area (Å²) in [6, 6.07) is 35.3. The highest BCUT2D eigenvalue weighted by Gasteiger charge is 2.33. The van der Waals surface area contributed by atoms with Crippen molar-refractivity contribution < 1.29 is 27.1 Å². The molecular weight excluding hydrogens is 1700 g/mol. The Balaban J connectivity index is 0.000000126. The van der Waals surface area contributed by atoms with Gasteiger partial charge in [-0.1, -0.05) is 60.7 Å². The van der Waals surface area contributed by atoms with Crippen molar-refractivity contribution in [2.24, 2.45) is 43.6 Å². The SMILES string of the molecule is C[C@H](Nc1cc(NC2=NCC(C3CC3)=C2)ncn1)c1ccc(F)cc1.C[C@H](Nc1ncnc(NC2=NCC(C3CC3)=C2)c1CO)c1ccc(F)cc1.C[C@H](Nc1ncnc(NC2=NCC(C3CC3)=C2)c1N)c1ccc(F)cc1.Cc1c(NC2=NCC(C3CC3)=C2)ncnc1N[C@@H](C)c1ccc(F)cc1.S.[C-]#[N+]c1c(Nc2cc(C3CC3)[nH]n2)ncnc1N[C@@H](C)c1ccc(F)cc1. The lowest BCUT2D eigenvalue weighted by molar-refractivity contribution is 0.282. The van der Waals surface area contributed by atoms with Gasteiger partial charge in [-0.25, -0.2) is 76.6 Å². The lowest BCUT2D eigenvalue weighted by Crippen LogP contribution is -2.15. The summed E-state index contributed by atoms with van der Waals surface area (Å²) >= 11 is 0. The van der Waals surface area contributed by atoms with Gasteiger partial charge >= 0.3 is 0 Å². The Morgan fingerprint density at radius 2 is 0.697 bits per heavy atom. The number of hydrogen-bond acceptors (Lipinski definition) is 27. The number of amidine groups is 4. The molecule has 29 nitrogen and oxygen atoms in total. The lowest BCUT2D eigenvalue weighted by atomic mass is 10.1. The van der Waals surface area contributed by atoms with E-state index in [0.29, 0.717) is 81.4 Å². The third-order valence-corrected chi connectivity index (χ3v) is 23.6. The molecule has 5 atom stereocenters. The number of hydrogen-bond donors (Lipinski definition) is 13. The van der Waals surface area contributed by atoms with E-state index in [0.717, 1.165) is 112 Å². The number of H-pyrrole nitrogens is 1. The molecule has 132 heavy (non-hydrogen) atoms. The maximum Gasteiger partial charge on any atom is 0.269 e. The van der Waals surface area contributed by atoms with Crippen molar-refractivity contribution in [1.82, 2.24) is 60.0 Å². The smallest absolute Gasteiger partial charge is 0.269 e. The first kappa shape index (κ1) is 92.3. The Bertz CT molecular complexity index is 6040. The number of anilines is 12. The van der Waals surface area contributed by atoms with Crippen LogP contribution < -0.4 is 58.9 Å². The first-order valence-electron chi connectivity index (χ1n) is 44.1. The highest BCUT2D eigenvalue weighted by molar-refractivity contribution is 7.59. The summed E-state index contributed by atoms with van der Waals surface area (Å²) in [7, 11) is 0. The number of aromatic amines is 1. The number of aliphatic hydroxyl groups is 1. The molecule has 10 heterocycles. The number of aliphatic hydroxyl groups excluding tert-OH is 1. The summed E-state index contributed by atoms with van der Waals surface area (Å²) in [5, 5.41) is 49.6. The van der Waals surface area contributed by atoms with Gasteiger partial charge in [0.25, 0.3) is 5.69 Å².